The van der Waals surface area contributed by atoms with Crippen molar-refractivity contribution in [3.8, 4) is 5.75 Å². The molecule has 0 aromatic heterocycles. The summed E-state index contributed by atoms with van der Waals surface area (Å²) in [7, 11) is 0. The molecule has 0 heterocycles. The third kappa shape index (κ3) is 4.21. The molecule has 0 aliphatic rings. The number of benzene rings is 1. The molecule has 21 heavy (non-hydrogen) atoms. The summed E-state index contributed by atoms with van der Waals surface area (Å²) in [5.74, 6) is 0.819. The van der Waals surface area contributed by atoms with Crippen molar-refractivity contribution in [2.75, 3.05) is 13.1 Å². The van der Waals surface area contributed by atoms with Gasteiger partial charge in [0.2, 0.25) is 0 Å². The normalized spacial score (nSPS) is 16.0. The monoisotopic (exact) mass is 293 g/mol. The average Bonchev–Trinajstić information content (AvgIpc) is 2.47. The molecule has 1 N–H and O–H groups in total. The van der Waals surface area contributed by atoms with Gasteiger partial charge in [0.25, 0.3) is 0 Å². The number of likely N-dealkylation sites (N-methyl/N-ethyl adjacent to an activating group) is 1. The second-order valence-electron chi connectivity index (χ2n) is 6.02. The van der Waals surface area contributed by atoms with Crippen LogP contribution in [0.25, 0.3) is 0 Å². The second-order valence-corrected chi connectivity index (χ2v) is 6.02. The number of nitrogens with zero attached hydrogens (tertiary/aromatic N) is 1. The summed E-state index contributed by atoms with van der Waals surface area (Å²) < 4.78 is 5.74. The van der Waals surface area contributed by atoms with Gasteiger partial charge in [-0.15, -0.1) is 0 Å². The molecule has 3 nitrogen and oxygen atoms in total. The van der Waals surface area contributed by atoms with Gasteiger partial charge in [-0.05, 0) is 58.0 Å². The highest BCUT2D eigenvalue weighted by atomic mass is 16.5. The molecule has 1 aromatic rings. The summed E-state index contributed by atoms with van der Waals surface area (Å²) in [5, 5.41) is 10.9. The first-order valence-electron chi connectivity index (χ1n) is 8.08. The minimum atomic E-state index is -0.530. The van der Waals surface area contributed by atoms with Gasteiger partial charge in [-0.3, -0.25) is 4.90 Å². The molecule has 0 fully saturated rings. The molecule has 0 saturated heterocycles. The first kappa shape index (κ1) is 18.0. The number of hydrogen-bond donors (Lipinski definition) is 1. The van der Waals surface area contributed by atoms with E-state index in [4.69, 9.17) is 4.74 Å². The summed E-state index contributed by atoms with van der Waals surface area (Å²) in [6.45, 7) is 14.4. The van der Waals surface area contributed by atoms with E-state index in [0.29, 0.717) is 0 Å². The molecule has 0 aliphatic heterocycles. The first-order chi connectivity index (χ1) is 9.88. The molecule has 3 heteroatoms. The lowest BCUT2D eigenvalue weighted by atomic mass is 9.85. The van der Waals surface area contributed by atoms with Crippen LogP contribution in [-0.2, 0) is 0 Å². The highest BCUT2D eigenvalue weighted by molar-refractivity contribution is 5.31. The van der Waals surface area contributed by atoms with E-state index in [9.17, 15) is 5.11 Å². The number of aliphatic hydroxyl groups excluding tert-OH is 1. The van der Waals surface area contributed by atoms with Gasteiger partial charge >= 0.3 is 0 Å². The topological polar surface area (TPSA) is 32.7 Å². The van der Waals surface area contributed by atoms with E-state index in [2.05, 4.69) is 32.6 Å². The van der Waals surface area contributed by atoms with E-state index < -0.39 is 6.10 Å². The largest absolute Gasteiger partial charge is 0.491 e. The SMILES string of the molecule is CCN(CC)C(C)(CC)C(O)c1cccc(OC(C)C)c1. The number of ether oxygens (including phenoxy) is 1. The van der Waals surface area contributed by atoms with Crippen LogP contribution in [0.3, 0.4) is 0 Å². The zero-order valence-corrected chi connectivity index (χ0v) is 14.4. The van der Waals surface area contributed by atoms with Gasteiger partial charge in [0.15, 0.2) is 0 Å². The van der Waals surface area contributed by atoms with Crippen LogP contribution in [0.5, 0.6) is 5.75 Å². The van der Waals surface area contributed by atoms with Crippen LogP contribution in [0, 0.1) is 0 Å². The Labute approximate surface area is 129 Å². The summed E-state index contributed by atoms with van der Waals surface area (Å²) >= 11 is 0. The maximum atomic E-state index is 10.9. The Morgan fingerprint density at radius 2 is 1.81 bits per heavy atom. The fourth-order valence-electron chi connectivity index (χ4n) is 2.93. The predicted octanol–water partition coefficient (Wildman–Crippen LogP) is 4.02. The van der Waals surface area contributed by atoms with Crippen LogP contribution < -0.4 is 4.74 Å². The van der Waals surface area contributed by atoms with E-state index in [1.807, 2.05) is 38.1 Å². The van der Waals surface area contributed by atoms with Crippen molar-refractivity contribution < 1.29 is 9.84 Å². The lowest BCUT2D eigenvalue weighted by molar-refractivity contribution is -0.0214. The van der Waals surface area contributed by atoms with Crippen LogP contribution in [0.1, 0.15) is 59.6 Å². The zero-order valence-electron chi connectivity index (χ0n) is 14.4. The van der Waals surface area contributed by atoms with E-state index in [1.54, 1.807) is 0 Å². The molecule has 0 saturated carbocycles. The molecule has 2 unspecified atom stereocenters. The maximum absolute atomic E-state index is 10.9. The van der Waals surface area contributed by atoms with Crippen LogP contribution in [-0.4, -0.2) is 34.7 Å². The third-order valence-corrected chi connectivity index (χ3v) is 4.34. The number of rotatable bonds is 8. The van der Waals surface area contributed by atoms with Gasteiger partial charge < -0.3 is 9.84 Å². The van der Waals surface area contributed by atoms with Crippen molar-refractivity contribution >= 4 is 0 Å². The molecule has 0 aliphatic carbocycles. The maximum Gasteiger partial charge on any atom is 0.120 e. The zero-order chi connectivity index (χ0) is 16.0. The summed E-state index contributed by atoms with van der Waals surface area (Å²) in [4.78, 5) is 2.33. The molecular formula is C18H31NO2. The third-order valence-electron chi connectivity index (χ3n) is 4.34. The van der Waals surface area contributed by atoms with Crippen molar-refractivity contribution in [1.82, 2.24) is 4.90 Å². The van der Waals surface area contributed by atoms with Gasteiger partial charge in [-0.1, -0.05) is 32.9 Å². The van der Waals surface area contributed by atoms with Gasteiger partial charge in [0.1, 0.15) is 5.75 Å². The van der Waals surface area contributed by atoms with Crippen molar-refractivity contribution in [2.24, 2.45) is 0 Å². The van der Waals surface area contributed by atoms with E-state index in [-0.39, 0.29) is 11.6 Å². The van der Waals surface area contributed by atoms with E-state index in [0.717, 1.165) is 30.8 Å². The van der Waals surface area contributed by atoms with Crippen molar-refractivity contribution in [3.05, 3.63) is 29.8 Å². The number of hydrogen-bond acceptors (Lipinski definition) is 3. The predicted molar refractivity (Wildman–Crippen MR) is 88.8 cm³/mol. The molecule has 0 bridgehead atoms. The molecule has 0 amide bonds. The van der Waals surface area contributed by atoms with Gasteiger partial charge in [-0.25, -0.2) is 0 Å². The lowest BCUT2D eigenvalue weighted by Crippen LogP contribution is -2.50. The second kappa shape index (κ2) is 7.81. The lowest BCUT2D eigenvalue weighted by Gasteiger charge is -2.43. The number of aliphatic hydroxyl groups is 1. The molecule has 2 atom stereocenters. The quantitative estimate of drug-likeness (QED) is 0.786. The average molecular weight is 293 g/mol. The molecular weight excluding hydrogens is 262 g/mol. The molecule has 1 rings (SSSR count). The minimum absolute atomic E-state index is 0.137. The Morgan fingerprint density at radius 3 is 2.29 bits per heavy atom. The smallest absolute Gasteiger partial charge is 0.120 e. The molecule has 0 radical (unpaired) electrons. The van der Waals surface area contributed by atoms with Crippen LogP contribution in [0.4, 0.5) is 0 Å². The Kier molecular flexibility index (Phi) is 6.69. The van der Waals surface area contributed by atoms with E-state index in [1.165, 1.54) is 0 Å². The van der Waals surface area contributed by atoms with Crippen LogP contribution in [0.15, 0.2) is 24.3 Å². The highest BCUT2D eigenvalue weighted by Gasteiger charge is 2.36. The summed E-state index contributed by atoms with van der Waals surface area (Å²) in [6.07, 6.45) is 0.501. The Morgan fingerprint density at radius 1 is 1.19 bits per heavy atom. The molecule has 0 spiro atoms. The fraction of sp³-hybridized carbons (Fsp3) is 0.667. The summed E-state index contributed by atoms with van der Waals surface area (Å²) in [5.41, 5.74) is 0.657. The van der Waals surface area contributed by atoms with Crippen LogP contribution >= 0.6 is 0 Å². The fourth-order valence-corrected chi connectivity index (χ4v) is 2.93. The van der Waals surface area contributed by atoms with Crippen molar-refractivity contribution in [1.29, 1.82) is 0 Å². The summed E-state index contributed by atoms with van der Waals surface area (Å²) in [6, 6.07) is 7.84. The molecule has 120 valence electrons. The van der Waals surface area contributed by atoms with Gasteiger partial charge in [0, 0.05) is 5.54 Å². The molecule has 1 aromatic carbocycles. The van der Waals surface area contributed by atoms with Crippen molar-refractivity contribution in [2.45, 2.75) is 65.7 Å². The first-order valence-corrected chi connectivity index (χ1v) is 8.08. The van der Waals surface area contributed by atoms with E-state index >= 15 is 0 Å². The van der Waals surface area contributed by atoms with Gasteiger partial charge in [0.05, 0.1) is 12.2 Å². The van der Waals surface area contributed by atoms with Crippen molar-refractivity contribution in [3.63, 3.8) is 0 Å². The minimum Gasteiger partial charge on any atom is -0.491 e. The van der Waals surface area contributed by atoms with Gasteiger partial charge in [-0.2, -0.15) is 0 Å². The highest BCUT2D eigenvalue weighted by Crippen LogP contribution is 2.35. The van der Waals surface area contributed by atoms with Crippen LogP contribution in [0.2, 0.25) is 0 Å². The standard InChI is InChI=1S/C18H31NO2/c1-7-18(6,19(8-2)9-3)17(20)15-11-10-12-16(13-15)21-14(4)5/h10-14,17,20H,7-9H2,1-6H3. The Hall–Kier alpha value is -1.06. The Balaban J connectivity index is 3.07. The Bertz CT molecular complexity index is 429.